The first kappa shape index (κ1) is 17.7. The highest BCUT2D eigenvalue weighted by Crippen LogP contribution is 2.29. The molecular formula is C19H27N3O3. The Labute approximate surface area is 148 Å². The molecule has 25 heavy (non-hydrogen) atoms. The van der Waals surface area contributed by atoms with Gasteiger partial charge in [-0.1, -0.05) is 19.3 Å². The summed E-state index contributed by atoms with van der Waals surface area (Å²) in [5.41, 5.74) is 0. The van der Waals surface area contributed by atoms with Crippen LogP contribution in [0.15, 0.2) is 24.5 Å². The Morgan fingerprint density at radius 1 is 1.32 bits per heavy atom. The molecule has 6 heteroatoms. The molecule has 3 rings (SSSR count). The highest BCUT2D eigenvalue weighted by molar-refractivity contribution is 5.88. The lowest BCUT2D eigenvalue weighted by Gasteiger charge is -2.27. The van der Waals surface area contributed by atoms with Crippen LogP contribution in [-0.4, -0.2) is 47.4 Å². The van der Waals surface area contributed by atoms with Gasteiger partial charge in [-0.05, 0) is 30.9 Å². The van der Waals surface area contributed by atoms with E-state index in [1.54, 1.807) is 24.3 Å². The molecule has 1 aromatic heterocycles. The Morgan fingerprint density at radius 2 is 2.12 bits per heavy atom. The largest absolute Gasteiger partial charge is 0.487 e. The molecule has 2 atom stereocenters. The second-order valence-corrected chi connectivity index (χ2v) is 7.05. The number of carbonyl (C=O) groups is 2. The Hall–Kier alpha value is -2.11. The van der Waals surface area contributed by atoms with Crippen LogP contribution in [0.5, 0.6) is 5.75 Å². The minimum Gasteiger partial charge on any atom is -0.487 e. The molecule has 2 amide bonds. The van der Waals surface area contributed by atoms with E-state index in [0.29, 0.717) is 31.1 Å². The highest BCUT2D eigenvalue weighted by atomic mass is 16.5. The fourth-order valence-electron chi connectivity index (χ4n) is 3.94. The standard InChI is InChI=1S/C19H27N3O3/c1-20-19(24)17-11-16(25-15-8-5-9-21-12-15)13-22(17)18(23)10-14-6-3-2-4-7-14/h5,8-9,12,14,16-17H,2-4,6-7,10-11,13H2,1H3,(H,20,24)/t16-,17-/m0/s1. The van der Waals surface area contributed by atoms with Gasteiger partial charge in [0.2, 0.25) is 11.8 Å². The maximum Gasteiger partial charge on any atom is 0.242 e. The van der Waals surface area contributed by atoms with Gasteiger partial charge in [-0.2, -0.15) is 0 Å². The molecular weight excluding hydrogens is 318 g/mol. The Kier molecular flexibility index (Phi) is 5.89. The van der Waals surface area contributed by atoms with Crippen molar-refractivity contribution in [3.8, 4) is 5.75 Å². The number of hydrogen-bond acceptors (Lipinski definition) is 4. The molecule has 6 nitrogen and oxygen atoms in total. The van der Waals surface area contributed by atoms with Crippen LogP contribution in [0, 0.1) is 5.92 Å². The number of aromatic nitrogens is 1. The van der Waals surface area contributed by atoms with E-state index >= 15 is 0 Å². The van der Waals surface area contributed by atoms with E-state index in [1.165, 1.54) is 19.3 Å². The summed E-state index contributed by atoms with van der Waals surface area (Å²) in [4.78, 5) is 30.8. The first-order valence-electron chi connectivity index (χ1n) is 9.25. The molecule has 0 unspecified atom stereocenters. The summed E-state index contributed by atoms with van der Waals surface area (Å²) in [6.45, 7) is 0.457. The van der Waals surface area contributed by atoms with Crippen molar-refractivity contribution in [2.75, 3.05) is 13.6 Å². The number of nitrogens with one attached hydrogen (secondary N) is 1. The molecule has 1 aliphatic heterocycles. The van der Waals surface area contributed by atoms with E-state index in [4.69, 9.17) is 4.74 Å². The monoisotopic (exact) mass is 345 g/mol. The third-order valence-electron chi connectivity index (χ3n) is 5.26. The third kappa shape index (κ3) is 4.50. The normalized spacial score (nSPS) is 24.1. The molecule has 0 radical (unpaired) electrons. The van der Waals surface area contributed by atoms with Gasteiger partial charge < -0.3 is 15.0 Å². The van der Waals surface area contributed by atoms with Gasteiger partial charge >= 0.3 is 0 Å². The second-order valence-electron chi connectivity index (χ2n) is 7.05. The van der Waals surface area contributed by atoms with Gasteiger partial charge in [0.05, 0.1) is 12.7 Å². The van der Waals surface area contributed by atoms with Crippen LogP contribution in [0.2, 0.25) is 0 Å². The van der Waals surface area contributed by atoms with E-state index in [-0.39, 0.29) is 17.9 Å². The number of hydrogen-bond donors (Lipinski definition) is 1. The van der Waals surface area contributed by atoms with E-state index < -0.39 is 6.04 Å². The number of pyridine rings is 1. The van der Waals surface area contributed by atoms with Gasteiger partial charge in [-0.3, -0.25) is 14.6 Å². The molecule has 0 aromatic carbocycles. The van der Waals surface area contributed by atoms with Gasteiger partial charge in [-0.25, -0.2) is 0 Å². The van der Waals surface area contributed by atoms with Crippen molar-refractivity contribution in [1.82, 2.24) is 15.2 Å². The first-order chi connectivity index (χ1) is 12.2. The summed E-state index contributed by atoms with van der Waals surface area (Å²) in [7, 11) is 1.61. The fraction of sp³-hybridized carbons (Fsp3) is 0.632. The topological polar surface area (TPSA) is 71.5 Å². The molecule has 1 saturated heterocycles. The second kappa shape index (κ2) is 8.32. The van der Waals surface area contributed by atoms with Gasteiger partial charge in [0.1, 0.15) is 17.9 Å². The number of likely N-dealkylation sites (N-methyl/N-ethyl adjacent to an activating group) is 1. The minimum absolute atomic E-state index is 0.0813. The predicted molar refractivity (Wildman–Crippen MR) is 94.0 cm³/mol. The van der Waals surface area contributed by atoms with Crippen LogP contribution in [0.25, 0.3) is 0 Å². The van der Waals surface area contributed by atoms with E-state index in [0.717, 1.165) is 12.8 Å². The molecule has 0 bridgehead atoms. The number of carbonyl (C=O) groups excluding carboxylic acids is 2. The van der Waals surface area contributed by atoms with Crippen LogP contribution >= 0.6 is 0 Å². The Morgan fingerprint density at radius 3 is 2.80 bits per heavy atom. The van der Waals surface area contributed by atoms with Gasteiger partial charge in [0, 0.05) is 26.1 Å². The van der Waals surface area contributed by atoms with Crippen LogP contribution in [0.1, 0.15) is 44.9 Å². The van der Waals surface area contributed by atoms with Crippen molar-refractivity contribution >= 4 is 11.8 Å². The number of likely N-dealkylation sites (tertiary alicyclic amines) is 1. The van der Waals surface area contributed by atoms with Crippen molar-refractivity contribution in [1.29, 1.82) is 0 Å². The van der Waals surface area contributed by atoms with Gasteiger partial charge in [-0.15, -0.1) is 0 Å². The maximum atomic E-state index is 12.8. The number of nitrogens with zero attached hydrogens (tertiary/aromatic N) is 2. The van der Waals surface area contributed by atoms with Crippen molar-refractivity contribution in [3.63, 3.8) is 0 Å². The molecule has 0 spiro atoms. The first-order valence-corrected chi connectivity index (χ1v) is 9.25. The Balaban J connectivity index is 1.64. The van der Waals surface area contributed by atoms with E-state index in [2.05, 4.69) is 10.3 Å². The molecule has 1 saturated carbocycles. The van der Waals surface area contributed by atoms with Crippen molar-refractivity contribution in [2.45, 2.75) is 57.1 Å². The number of amides is 2. The van der Waals surface area contributed by atoms with Crippen molar-refractivity contribution < 1.29 is 14.3 Å². The molecule has 136 valence electrons. The average molecular weight is 345 g/mol. The van der Waals surface area contributed by atoms with Gasteiger partial charge in [0.25, 0.3) is 0 Å². The molecule has 2 heterocycles. The summed E-state index contributed by atoms with van der Waals surface area (Å²) in [5, 5.41) is 2.68. The lowest BCUT2D eigenvalue weighted by molar-refractivity contribution is -0.139. The van der Waals surface area contributed by atoms with E-state index in [9.17, 15) is 9.59 Å². The van der Waals surface area contributed by atoms with Crippen molar-refractivity contribution in [3.05, 3.63) is 24.5 Å². The van der Waals surface area contributed by atoms with Crippen LogP contribution in [-0.2, 0) is 9.59 Å². The molecule has 2 fully saturated rings. The van der Waals surface area contributed by atoms with E-state index in [1.807, 2.05) is 12.1 Å². The lowest BCUT2D eigenvalue weighted by Crippen LogP contribution is -2.45. The summed E-state index contributed by atoms with van der Waals surface area (Å²) in [6.07, 6.45) is 10.2. The van der Waals surface area contributed by atoms with Crippen LogP contribution in [0.4, 0.5) is 0 Å². The Bertz CT molecular complexity index is 587. The average Bonchev–Trinajstić information content (AvgIpc) is 3.07. The molecule has 2 aliphatic rings. The summed E-state index contributed by atoms with van der Waals surface area (Å²) in [5.74, 6) is 1.10. The van der Waals surface area contributed by atoms with Crippen LogP contribution in [0.3, 0.4) is 0 Å². The predicted octanol–water partition coefficient (Wildman–Crippen LogP) is 2.15. The zero-order valence-corrected chi connectivity index (χ0v) is 14.8. The third-order valence-corrected chi connectivity index (χ3v) is 5.26. The summed E-state index contributed by atoms with van der Waals surface area (Å²) < 4.78 is 5.93. The zero-order chi connectivity index (χ0) is 17.6. The lowest BCUT2D eigenvalue weighted by atomic mass is 9.86. The van der Waals surface area contributed by atoms with Gasteiger partial charge in [0.15, 0.2) is 0 Å². The number of rotatable bonds is 5. The highest BCUT2D eigenvalue weighted by Gasteiger charge is 2.40. The SMILES string of the molecule is CNC(=O)[C@@H]1C[C@H](Oc2cccnc2)CN1C(=O)CC1CCCCC1. The number of ether oxygens (including phenoxy) is 1. The fourth-order valence-corrected chi connectivity index (χ4v) is 3.94. The maximum absolute atomic E-state index is 12.8. The van der Waals surface area contributed by atoms with Crippen LogP contribution < -0.4 is 10.1 Å². The quantitative estimate of drug-likeness (QED) is 0.887. The molecule has 1 aliphatic carbocycles. The smallest absolute Gasteiger partial charge is 0.242 e. The summed E-state index contributed by atoms with van der Waals surface area (Å²) >= 11 is 0. The molecule has 1 N–H and O–H groups in total. The summed E-state index contributed by atoms with van der Waals surface area (Å²) in [6, 6.07) is 3.21. The van der Waals surface area contributed by atoms with Crippen molar-refractivity contribution in [2.24, 2.45) is 5.92 Å². The molecule has 1 aromatic rings. The minimum atomic E-state index is -0.442. The zero-order valence-electron chi connectivity index (χ0n) is 14.8.